The van der Waals surface area contributed by atoms with Crippen molar-refractivity contribution in [3.05, 3.63) is 42.7 Å². The van der Waals surface area contributed by atoms with Gasteiger partial charge in [-0.3, -0.25) is 0 Å². The summed E-state index contributed by atoms with van der Waals surface area (Å²) in [5, 5.41) is 5.55. The zero-order valence-electron chi connectivity index (χ0n) is 6.84. The summed E-state index contributed by atoms with van der Waals surface area (Å²) in [4.78, 5) is 2.33. The number of alkyl halides is 1. The van der Waals surface area contributed by atoms with E-state index in [1.54, 1.807) is 22.7 Å². The maximum absolute atomic E-state index is 6.05. The molecule has 0 saturated carbocycles. The van der Waals surface area contributed by atoms with Gasteiger partial charge in [0.05, 0.1) is 14.9 Å². The van der Waals surface area contributed by atoms with E-state index in [4.69, 9.17) is 23.2 Å². The molecule has 2 aromatic rings. The fourth-order valence-electron chi connectivity index (χ4n) is 1.09. The lowest BCUT2D eigenvalue weighted by Gasteiger charge is -2.06. The van der Waals surface area contributed by atoms with Gasteiger partial charge in [-0.2, -0.15) is 0 Å². The van der Waals surface area contributed by atoms with Crippen molar-refractivity contribution >= 4 is 61.8 Å². The molecule has 0 atom stereocenters. The average Bonchev–Trinajstić information content (AvgIpc) is 2.73. The van der Waals surface area contributed by atoms with E-state index < -0.39 is 0 Å². The molecule has 0 nitrogen and oxygen atoms in total. The van der Waals surface area contributed by atoms with Gasteiger partial charge < -0.3 is 0 Å². The molecule has 5 heteroatoms. The van der Waals surface area contributed by atoms with Crippen LogP contribution in [0.4, 0.5) is 0 Å². The van der Waals surface area contributed by atoms with Crippen LogP contribution in [0, 0.1) is 0 Å². The van der Waals surface area contributed by atoms with Crippen molar-refractivity contribution in [1.29, 1.82) is 0 Å². The molecule has 0 saturated heterocycles. The molecule has 2 rings (SSSR count). The molecule has 0 spiro atoms. The van der Waals surface area contributed by atoms with E-state index in [2.05, 4.69) is 15.9 Å². The first-order chi connectivity index (χ1) is 6.70. The van der Waals surface area contributed by atoms with Gasteiger partial charge in [-0.25, -0.2) is 0 Å². The van der Waals surface area contributed by atoms with Crippen LogP contribution in [0.2, 0.25) is 10.0 Å². The maximum Gasteiger partial charge on any atom is 0.0860 e. The third-order valence-corrected chi connectivity index (χ3v) is 6.12. The Hall–Kier alpha value is 0.460. The van der Waals surface area contributed by atoms with E-state index in [1.807, 2.05) is 22.9 Å². The Morgan fingerprint density at radius 2 is 1.43 bits per heavy atom. The Labute approximate surface area is 109 Å². The van der Waals surface area contributed by atoms with Crippen LogP contribution >= 0.6 is 61.8 Å². The summed E-state index contributed by atoms with van der Waals surface area (Å²) in [7, 11) is 0. The van der Waals surface area contributed by atoms with E-state index in [-0.39, 0.29) is 4.83 Å². The predicted octanol–water partition coefficient (Wildman–Crippen LogP) is 5.60. The van der Waals surface area contributed by atoms with Crippen LogP contribution < -0.4 is 0 Å². The van der Waals surface area contributed by atoms with Gasteiger partial charge >= 0.3 is 0 Å². The molecule has 0 aromatic carbocycles. The standard InChI is InChI=1S/C9H5BrCl2S2/c10-7(8-5(11)1-3-13-8)9-6(12)2-4-14-9/h1-4,7H. The topological polar surface area (TPSA) is 0 Å². The molecule has 0 unspecified atom stereocenters. The molecule has 74 valence electrons. The number of halogens is 3. The van der Waals surface area contributed by atoms with Crippen molar-refractivity contribution < 1.29 is 0 Å². The second-order valence-electron chi connectivity index (χ2n) is 2.63. The number of hydrogen-bond donors (Lipinski definition) is 0. The molecular formula is C9H5BrCl2S2. The minimum Gasteiger partial charge on any atom is -0.146 e. The van der Waals surface area contributed by atoms with Crippen LogP contribution in [0.15, 0.2) is 22.9 Å². The molecule has 0 fully saturated rings. The van der Waals surface area contributed by atoms with E-state index >= 15 is 0 Å². The Morgan fingerprint density at radius 3 is 1.71 bits per heavy atom. The number of hydrogen-bond acceptors (Lipinski definition) is 2. The first-order valence-electron chi connectivity index (χ1n) is 3.80. The first kappa shape index (κ1) is 11.0. The normalized spacial score (nSPS) is 11.1. The van der Waals surface area contributed by atoms with Crippen LogP contribution in [0.25, 0.3) is 0 Å². The lowest BCUT2D eigenvalue weighted by Crippen LogP contribution is -1.86. The maximum atomic E-state index is 6.05. The van der Waals surface area contributed by atoms with Crippen molar-refractivity contribution in [1.82, 2.24) is 0 Å². The van der Waals surface area contributed by atoms with Crippen molar-refractivity contribution in [2.75, 3.05) is 0 Å². The SMILES string of the molecule is Clc1ccsc1C(Br)c1sccc1Cl. The second-order valence-corrected chi connectivity index (χ2v) is 6.25. The van der Waals surface area contributed by atoms with E-state index in [0.29, 0.717) is 0 Å². The molecule has 14 heavy (non-hydrogen) atoms. The monoisotopic (exact) mass is 326 g/mol. The smallest absolute Gasteiger partial charge is 0.0860 e. The second kappa shape index (κ2) is 4.54. The molecule has 0 aliphatic heterocycles. The van der Waals surface area contributed by atoms with Crippen LogP contribution in [-0.4, -0.2) is 0 Å². The molecule has 0 amide bonds. The molecule has 0 bridgehead atoms. The van der Waals surface area contributed by atoms with Crippen LogP contribution in [-0.2, 0) is 0 Å². The quantitative estimate of drug-likeness (QED) is 0.630. The molecule has 0 radical (unpaired) electrons. The van der Waals surface area contributed by atoms with E-state index in [1.165, 1.54) is 0 Å². The van der Waals surface area contributed by atoms with E-state index in [9.17, 15) is 0 Å². The third-order valence-electron chi connectivity index (χ3n) is 1.75. The molecule has 0 N–H and O–H groups in total. The Morgan fingerprint density at radius 1 is 1.00 bits per heavy atom. The van der Waals surface area contributed by atoms with Gasteiger partial charge in [-0.05, 0) is 22.9 Å². The van der Waals surface area contributed by atoms with Gasteiger partial charge in [0.15, 0.2) is 0 Å². The van der Waals surface area contributed by atoms with Crippen LogP contribution in [0.1, 0.15) is 14.6 Å². The van der Waals surface area contributed by atoms with Gasteiger partial charge in [0, 0.05) is 9.75 Å². The van der Waals surface area contributed by atoms with Crippen LogP contribution in [0.3, 0.4) is 0 Å². The number of thiophene rings is 2. The molecule has 0 aliphatic carbocycles. The zero-order chi connectivity index (χ0) is 10.1. The minimum absolute atomic E-state index is 0.113. The molecule has 2 aromatic heterocycles. The van der Waals surface area contributed by atoms with Gasteiger partial charge in [-0.1, -0.05) is 39.1 Å². The third kappa shape index (κ3) is 2.02. The molecular weight excluding hydrogens is 323 g/mol. The van der Waals surface area contributed by atoms with Crippen LogP contribution in [0.5, 0.6) is 0 Å². The first-order valence-corrected chi connectivity index (χ1v) is 7.23. The van der Waals surface area contributed by atoms with Gasteiger partial charge in [0.1, 0.15) is 0 Å². The summed E-state index contributed by atoms with van der Waals surface area (Å²) in [6.45, 7) is 0. The molecule has 0 aliphatic rings. The van der Waals surface area contributed by atoms with Crippen molar-refractivity contribution in [3.63, 3.8) is 0 Å². The van der Waals surface area contributed by atoms with Crippen molar-refractivity contribution in [2.45, 2.75) is 4.83 Å². The largest absolute Gasteiger partial charge is 0.146 e. The summed E-state index contributed by atoms with van der Waals surface area (Å²) in [5.41, 5.74) is 0. The Balaban J connectivity index is 2.38. The summed E-state index contributed by atoms with van der Waals surface area (Å²) < 4.78 is 0. The fourth-order valence-corrected chi connectivity index (χ4v) is 4.87. The lowest BCUT2D eigenvalue weighted by molar-refractivity contribution is 1.29. The van der Waals surface area contributed by atoms with E-state index in [0.717, 1.165) is 19.8 Å². The highest BCUT2D eigenvalue weighted by atomic mass is 79.9. The van der Waals surface area contributed by atoms with Crippen molar-refractivity contribution in [2.24, 2.45) is 0 Å². The Kier molecular flexibility index (Phi) is 3.55. The molecule has 2 heterocycles. The summed E-state index contributed by atoms with van der Waals surface area (Å²) in [5.74, 6) is 0. The highest BCUT2D eigenvalue weighted by Crippen LogP contribution is 2.43. The lowest BCUT2D eigenvalue weighted by atomic mass is 10.3. The fraction of sp³-hybridized carbons (Fsp3) is 0.111. The predicted molar refractivity (Wildman–Crippen MR) is 69.4 cm³/mol. The van der Waals surface area contributed by atoms with Gasteiger partial charge in [0.25, 0.3) is 0 Å². The summed E-state index contributed by atoms with van der Waals surface area (Å²) in [6.07, 6.45) is 0. The average molecular weight is 328 g/mol. The van der Waals surface area contributed by atoms with Gasteiger partial charge in [-0.15, -0.1) is 22.7 Å². The zero-order valence-corrected chi connectivity index (χ0v) is 11.6. The Bertz CT molecular complexity index is 395. The highest BCUT2D eigenvalue weighted by molar-refractivity contribution is 9.09. The summed E-state index contributed by atoms with van der Waals surface area (Å²) in [6, 6.07) is 3.80. The summed E-state index contributed by atoms with van der Waals surface area (Å²) >= 11 is 19.0. The van der Waals surface area contributed by atoms with Gasteiger partial charge in [0.2, 0.25) is 0 Å². The minimum atomic E-state index is 0.113. The number of rotatable bonds is 2. The highest BCUT2D eigenvalue weighted by Gasteiger charge is 2.18. The van der Waals surface area contributed by atoms with Crippen molar-refractivity contribution in [3.8, 4) is 0 Å².